The molecular weight excluding hydrogens is 805 g/mol. The molecule has 3 aromatic heterocycles. The number of nitrogens with zero attached hydrogens (tertiary/aromatic N) is 7. The van der Waals surface area contributed by atoms with Crippen molar-refractivity contribution in [2.45, 2.75) is 52.4 Å². The summed E-state index contributed by atoms with van der Waals surface area (Å²) < 4.78 is 85.9. The number of alkyl halides is 3. The smallest absolute Gasteiger partial charge is 0.492 e. The Hall–Kier alpha value is -6.37. The highest BCUT2D eigenvalue weighted by molar-refractivity contribution is 7.46. The number of methoxy groups -OCH3 is 1. The summed E-state index contributed by atoms with van der Waals surface area (Å²) in [4.78, 5) is 52.4. The number of nitro groups is 1. The number of aromatic nitrogens is 5. The third-order valence-corrected chi connectivity index (χ3v) is 10.2. The molecule has 3 aromatic carbocycles. The summed E-state index contributed by atoms with van der Waals surface area (Å²) in [6.07, 6.45) is -1.30. The zero-order valence-electron chi connectivity index (χ0n) is 31.4. The van der Waals surface area contributed by atoms with Crippen molar-refractivity contribution in [1.82, 2.24) is 24.3 Å². The number of para-hydroxylation sites is 1. The summed E-state index contributed by atoms with van der Waals surface area (Å²) in [5, 5.41) is 17.0. The Kier molecular flexibility index (Phi) is 10.9. The lowest BCUT2D eigenvalue weighted by Gasteiger charge is -2.27. The molecule has 0 saturated carbocycles. The van der Waals surface area contributed by atoms with Gasteiger partial charge in [-0.25, -0.2) is 33.0 Å². The number of aryl methyl sites for hydroxylation is 2. The van der Waals surface area contributed by atoms with Gasteiger partial charge in [-0.3, -0.25) is 19.9 Å². The van der Waals surface area contributed by atoms with Crippen molar-refractivity contribution in [2.24, 2.45) is 0 Å². The Morgan fingerprint density at radius 3 is 2.36 bits per heavy atom. The predicted molar refractivity (Wildman–Crippen MR) is 203 cm³/mol. The summed E-state index contributed by atoms with van der Waals surface area (Å²) in [6.45, 7) is 3.85. The average molecular weight is 840 g/mol. The quantitative estimate of drug-likeness (QED) is 0.0558. The van der Waals surface area contributed by atoms with Gasteiger partial charge in [0, 0.05) is 60.7 Å². The van der Waals surface area contributed by atoms with E-state index in [0.29, 0.717) is 66.1 Å². The van der Waals surface area contributed by atoms with Gasteiger partial charge in [0.15, 0.2) is 11.6 Å². The van der Waals surface area contributed by atoms with Gasteiger partial charge in [0.1, 0.15) is 12.1 Å². The molecule has 0 amide bonds. The Morgan fingerprint density at radius 1 is 1.05 bits per heavy atom. The van der Waals surface area contributed by atoms with Crippen LogP contribution in [-0.4, -0.2) is 58.8 Å². The fourth-order valence-electron chi connectivity index (χ4n) is 7.12. The van der Waals surface area contributed by atoms with Crippen molar-refractivity contribution in [3.63, 3.8) is 0 Å². The molecule has 0 aliphatic carbocycles. The Balaban J connectivity index is 1.34. The molecule has 0 spiro atoms. The van der Waals surface area contributed by atoms with Gasteiger partial charge in [0.25, 0.3) is 0 Å². The van der Waals surface area contributed by atoms with E-state index in [9.17, 15) is 32.6 Å². The van der Waals surface area contributed by atoms with Crippen molar-refractivity contribution in [3.8, 4) is 28.4 Å². The second kappa shape index (κ2) is 15.8. The number of carbonyl (C=O) groups is 1. The summed E-state index contributed by atoms with van der Waals surface area (Å²) in [6, 6.07) is 11.8. The molecule has 308 valence electrons. The number of phosphoric acid groups is 1. The summed E-state index contributed by atoms with van der Waals surface area (Å²) >= 11 is 0. The average Bonchev–Trinajstić information content (AvgIpc) is 3.81. The van der Waals surface area contributed by atoms with E-state index >= 15 is 4.39 Å². The van der Waals surface area contributed by atoms with E-state index in [4.69, 9.17) is 24.4 Å². The molecule has 0 radical (unpaired) electrons. The first kappa shape index (κ1) is 40.8. The van der Waals surface area contributed by atoms with E-state index in [1.807, 2.05) is 32.0 Å². The number of fused-ring (bicyclic) bond motifs is 2. The van der Waals surface area contributed by atoms with Gasteiger partial charge in [-0.05, 0) is 47.7 Å². The van der Waals surface area contributed by atoms with Crippen molar-refractivity contribution in [1.29, 1.82) is 0 Å². The summed E-state index contributed by atoms with van der Waals surface area (Å²) in [5.41, 5.74) is 2.96. The van der Waals surface area contributed by atoms with Crippen LogP contribution in [0.3, 0.4) is 0 Å². The first-order chi connectivity index (χ1) is 28.0. The lowest BCUT2D eigenvalue weighted by Crippen LogP contribution is -2.31. The van der Waals surface area contributed by atoms with E-state index in [0.717, 1.165) is 33.5 Å². The van der Waals surface area contributed by atoms with Crippen LogP contribution in [0.4, 0.5) is 34.0 Å². The van der Waals surface area contributed by atoms with Crippen LogP contribution in [0.2, 0.25) is 0 Å². The minimum atomic E-state index is -5.13. The van der Waals surface area contributed by atoms with E-state index < -0.39 is 54.4 Å². The van der Waals surface area contributed by atoms with Gasteiger partial charge in [0.05, 0.1) is 34.7 Å². The molecule has 21 heteroatoms. The van der Waals surface area contributed by atoms with E-state index in [1.54, 1.807) is 15.6 Å². The normalized spacial score (nSPS) is 13.1. The van der Waals surface area contributed by atoms with Crippen LogP contribution in [0.15, 0.2) is 67.1 Å². The van der Waals surface area contributed by atoms with Crippen LogP contribution in [0.1, 0.15) is 47.4 Å². The molecule has 16 nitrogen and oxygen atoms in total. The van der Waals surface area contributed by atoms with Crippen LogP contribution in [-0.2, 0) is 47.9 Å². The van der Waals surface area contributed by atoms with E-state index in [2.05, 4.69) is 14.5 Å². The van der Waals surface area contributed by atoms with E-state index in [1.165, 1.54) is 25.4 Å². The fraction of sp³-hybridized carbons (Fsp3) is 0.263. The Labute approximate surface area is 332 Å². The third kappa shape index (κ3) is 7.93. The molecule has 0 unspecified atom stereocenters. The molecule has 7 rings (SSSR count). The highest BCUT2D eigenvalue weighted by Crippen LogP contribution is 2.44. The van der Waals surface area contributed by atoms with Gasteiger partial charge in [0.2, 0.25) is 11.7 Å². The zero-order valence-corrected chi connectivity index (χ0v) is 32.3. The Morgan fingerprint density at radius 2 is 1.75 bits per heavy atom. The standard InChI is InChI=1S/C38H34F4N7O9P/c1-4-22-7-6-8-23(5-2)32(22)48-33(27-19-46(13-12-29(27)45-48)36-43-17-24(18-44-36)38(40,41)42)26-16-28(39)35(56-3)34-25(26)11-14-47(34)37(50)57-20-21-9-10-31(58-59(53,54)55)30(15-21)49(51)52/h6-11,14-18H,4-5,12-13,19-20H2,1-3H3,(H2,53,54,55). The molecule has 0 atom stereocenters. The second-order valence-electron chi connectivity index (χ2n) is 13.3. The maximum absolute atomic E-state index is 16.4. The monoisotopic (exact) mass is 839 g/mol. The molecule has 0 bridgehead atoms. The number of rotatable bonds is 11. The minimum absolute atomic E-state index is 0.0244. The third-order valence-electron chi connectivity index (χ3n) is 9.79. The number of halogens is 4. The van der Waals surface area contributed by atoms with Crippen LogP contribution in [0.5, 0.6) is 11.5 Å². The maximum atomic E-state index is 16.4. The molecule has 0 saturated heterocycles. The molecule has 1 aliphatic rings. The molecule has 1 aliphatic heterocycles. The van der Waals surface area contributed by atoms with Crippen LogP contribution in [0, 0.1) is 15.9 Å². The zero-order chi connectivity index (χ0) is 42.4. The summed E-state index contributed by atoms with van der Waals surface area (Å²) in [5.74, 6) is -1.80. The number of anilines is 1. The first-order valence-electron chi connectivity index (χ1n) is 18.0. The lowest BCUT2D eigenvalue weighted by atomic mass is 9.97. The van der Waals surface area contributed by atoms with Gasteiger partial charge < -0.3 is 18.9 Å². The van der Waals surface area contributed by atoms with Gasteiger partial charge in [-0.15, -0.1) is 0 Å². The van der Waals surface area contributed by atoms with Gasteiger partial charge in [-0.1, -0.05) is 38.1 Å². The minimum Gasteiger partial charge on any atom is -0.492 e. The van der Waals surface area contributed by atoms with E-state index in [-0.39, 0.29) is 29.3 Å². The highest BCUT2D eigenvalue weighted by Gasteiger charge is 2.34. The number of carbonyl (C=O) groups excluding carboxylic acids is 1. The highest BCUT2D eigenvalue weighted by atomic mass is 31.2. The molecule has 0 fully saturated rings. The number of ether oxygens (including phenoxy) is 2. The van der Waals surface area contributed by atoms with Crippen LogP contribution < -0.4 is 14.2 Å². The predicted octanol–water partition coefficient (Wildman–Crippen LogP) is 7.70. The molecule has 59 heavy (non-hydrogen) atoms. The second-order valence-corrected chi connectivity index (χ2v) is 14.5. The number of nitro benzene ring substituents is 1. The lowest BCUT2D eigenvalue weighted by molar-refractivity contribution is -0.385. The van der Waals surface area contributed by atoms with Gasteiger partial charge >= 0.3 is 25.8 Å². The van der Waals surface area contributed by atoms with Crippen LogP contribution >= 0.6 is 7.82 Å². The SMILES string of the molecule is CCc1cccc(CC)c1-n1nc2c(c1-c1cc(F)c(OC)c3c1ccn3C(=O)OCc1ccc(OP(=O)(O)O)c([N+](=O)[O-])c1)CN(c1ncc(C(F)(F)F)cn1)CC2. The largest absolute Gasteiger partial charge is 0.525 e. The molecule has 4 heterocycles. The molecule has 2 N–H and O–H groups in total. The fourth-order valence-corrected chi connectivity index (χ4v) is 7.53. The first-order valence-corrected chi connectivity index (χ1v) is 19.5. The van der Waals surface area contributed by atoms with Crippen molar-refractivity contribution in [3.05, 3.63) is 117 Å². The number of benzene rings is 3. The van der Waals surface area contributed by atoms with Crippen molar-refractivity contribution >= 4 is 36.5 Å². The number of hydrogen-bond acceptors (Lipinski definition) is 11. The molecule has 6 aromatic rings. The van der Waals surface area contributed by atoms with Crippen LogP contribution in [0.25, 0.3) is 27.8 Å². The summed E-state index contributed by atoms with van der Waals surface area (Å²) in [7, 11) is -3.91. The topological polar surface area (TPSA) is 197 Å². The Bertz CT molecular complexity index is 2640. The number of hydrogen-bond donors (Lipinski definition) is 2. The van der Waals surface area contributed by atoms with Crippen molar-refractivity contribution in [2.75, 3.05) is 18.6 Å². The van der Waals surface area contributed by atoms with Gasteiger partial charge in [-0.2, -0.15) is 18.3 Å². The number of phosphoric ester groups is 1. The molecular formula is C38H34F4N7O9P. The maximum Gasteiger partial charge on any atom is 0.525 e. The van der Waals surface area contributed by atoms with Crippen molar-refractivity contribution < 1.29 is 55.6 Å².